The van der Waals surface area contributed by atoms with Gasteiger partial charge in [-0.3, -0.25) is 4.90 Å². The molecule has 0 aromatic heterocycles. The molecule has 1 aromatic rings. The van der Waals surface area contributed by atoms with Crippen LogP contribution < -0.4 is 10.1 Å². The molecule has 1 heterocycles. The van der Waals surface area contributed by atoms with Crippen molar-refractivity contribution in [1.82, 2.24) is 10.2 Å². The van der Waals surface area contributed by atoms with E-state index in [9.17, 15) is 18.7 Å². The summed E-state index contributed by atoms with van der Waals surface area (Å²) in [6.45, 7) is 0.875. The Bertz CT molecular complexity index is 507. The Kier molecular flexibility index (Phi) is 4.74. The molecule has 0 radical (unpaired) electrons. The quantitative estimate of drug-likeness (QED) is 0.863. The van der Waals surface area contributed by atoms with Gasteiger partial charge in [-0.2, -0.15) is 8.78 Å². The fourth-order valence-electron chi connectivity index (χ4n) is 2.60. The van der Waals surface area contributed by atoms with E-state index in [0.717, 1.165) is 0 Å². The highest BCUT2D eigenvalue weighted by Crippen LogP contribution is 2.36. The molecule has 1 fully saturated rings. The van der Waals surface area contributed by atoms with Crippen LogP contribution in [0, 0.1) is 0 Å². The highest BCUT2D eigenvalue weighted by molar-refractivity contribution is 5.81. The van der Waals surface area contributed by atoms with Gasteiger partial charge < -0.3 is 15.2 Å². The number of carbonyl (C=O) groups is 1. The number of piperazine rings is 1. The van der Waals surface area contributed by atoms with Gasteiger partial charge in [0.05, 0.1) is 0 Å². The molecule has 2 rings (SSSR count). The van der Waals surface area contributed by atoms with Crippen molar-refractivity contribution in [2.24, 2.45) is 0 Å². The van der Waals surface area contributed by atoms with Gasteiger partial charge >= 0.3 is 12.6 Å². The molecule has 0 spiro atoms. The molecule has 0 saturated carbocycles. The molecule has 0 bridgehead atoms. The normalized spacial score (nSPS) is 19.2. The largest absolute Gasteiger partial charge is 0.480 e. The van der Waals surface area contributed by atoms with E-state index < -0.39 is 18.1 Å². The summed E-state index contributed by atoms with van der Waals surface area (Å²) >= 11 is 0. The van der Waals surface area contributed by atoms with E-state index in [4.69, 9.17) is 0 Å². The Hall–Kier alpha value is -1.73. The van der Waals surface area contributed by atoms with Gasteiger partial charge in [-0.15, -0.1) is 0 Å². The average Bonchev–Trinajstić information content (AvgIpc) is 2.47. The number of para-hydroxylation sites is 1. The standard InChI is InChI=1S/C14H18F2N2O3/c1-14(12(19)20,18-8-6-17-7-9-18)10-4-2-3-5-11(10)21-13(15)16/h2-5,13,17H,6-9H2,1H3,(H,19,20). The number of aliphatic carboxylic acids is 1. The first kappa shape index (κ1) is 15.7. The van der Waals surface area contributed by atoms with Gasteiger partial charge in [-0.1, -0.05) is 18.2 Å². The first-order valence-electron chi connectivity index (χ1n) is 6.69. The van der Waals surface area contributed by atoms with Crippen LogP contribution in [0.25, 0.3) is 0 Å². The third-order valence-electron chi connectivity index (χ3n) is 3.79. The second-order valence-corrected chi connectivity index (χ2v) is 4.99. The molecular weight excluding hydrogens is 282 g/mol. The Balaban J connectivity index is 2.44. The fraction of sp³-hybridized carbons (Fsp3) is 0.500. The number of carboxylic acid groups (broad SMARTS) is 1. The Labute approximate surface area is 121 Å². The lowest BCUT2D eigenvalue weighted by molar-refractivity contribution is -0.152. The number of carboxylic acids is 1. The zero-order chi connectivity index (χ0) is 15.5. The van der Waals surface area contributed by atoms with Crippen LogP contribution >= 0.6 is 0 Å². The molecule has 116 valence electrons. The van der Waals surface area contributed by atoms with Crippen molar-refractivity contribution in [3.8, 4) is 5.75 Å². The van der Waals surface area contributed by atoms with Gasteiger partial charge in [0.25, 0.3) is 0 Å². The van der Waals surface area contributed by atoms with Crippen LogP contribution in [0.15, 0.2) is 24.3 Å². The lowest BCUT2D eigenvalue weighted by atomic mass is 9.88. The van der Waals surface area contributed by atoms with Crippen molar-refractivity contribution in [1.29, 1.82) is 0 Å². The summed E-state index contributed by atoms with van der Waals surface area (Å²) in [5.74, 6) is -1.19. The van der Waals surface area contributed by atoms with Gasteiger partial charge in [0, 0.05) is 31.7 Å². The maximum atomic E-state index is 12.5. The van der Waals surface area contributed by atoms with Gasteiger partial charge in [-0.25, -0.2) is 4.79 Å². The van der Waals surface area contributed by atoms with Crippen LogP contribution in [0.5, 0.6) is 5.75 Å². The number of alkyl halides is 2. The Morgan fingerprint density at radius 1 is 1.38 bits per heavy atom. The minimum atomic E-state index is -2.99. The number of benzene rings is 1. The summed E-state index contributed by atoms with van der Waals surface area (Å²) in [6.07, 6.45) is 0. The number of halogens is 2. The zero-order valence-electron chi connectivity index (χ0n) is 11.7. The van der Waals surface area contributed by atoms with E-state index in [0.29, 0.717) is 26.2 Å². The van der Waals surface area contributed by atoms with Crippen LogP contribution in [0.4, 0.5) is 8.78 Å². The van der Waals surface area contributed by atoms with E-state index in [1.807, 2.05) is 0 Å². The third-order valence-corrected chi connectivity index (χ3v) is 3.79. The third kappa shape index (κ3) is 3.14. The Morgan fingerprint density at radius 3 is 2.57 bits per heavy atom. The van der Waals surface area contributed by atoms with Crippen molar-refractivity contribution in [2.45, 2.75) is 19.1 Å². The van der Waals surface area contributed by atoms with Crippen LogP contribution in [0.1, 0.15) is 12.5 Å². The number of rotatable bonds is 5. The molecular formula is C14H18F2N2O3. The fourth-order valence-corrected chi connectivity index (χ4v) is 2.60. The highest BCUT2D eigenvalue weighted by atomic mass is 19.3. The van der Waals surface area contributed by atoms with Crippen molar-refractivity contribution < 1.29 is 23.4 Å². The first-order chi connectivity index (χ1) is 9.96. The van der Waals surface area contributed by atoms with Crippen LogP contribution in [0.2, 0.25) is 0 Å². The molecule has 2 N–H and O–H groups in total. The average molecular weight is 300 g/mol. The molecule has 0 amide bonds. The minimum Gasteiger partial charge on any atom is -0.480 e. The molecule has 1 aromatic carbocycles. The molecule has 1 atom stereocenters. The highest BCUT2D eigenvalue weighted by Gasteiger charge is 2.43. The zero-order valence-corrected chi connectivity index (χ0v) is 11.7. The van der Waals surface area contributed by atoms with E-state index >= 15 is 0 Å². The second kappa shape index (κ2) is 6.36. The maximum absolute atomic E-state index is 12.5. The molecule has 1 aliphatic heterocycles. The van der Waals surface area contributed by atoms with Crippen LogP contribution in [0.3, 0.4) is 0 Å². The van der Waals surface area contributed by atoms with E-state index in [2.05, 4.69) is 10.1 Å². The Morgan fingerprint density at radius 2 is 2.00 bits per heavy atom. The van der Waals surface area contributed by atoms with Crippen LogP contribution in [-0.2, 0) is 10.3 Å². The molecule has 1 saturated heterocycles. The number of hydrogen-bond acceptors (Lipinski definition) is 4. The van der Waals surface area contributed by atoms with Crippen molar-refractivity contribution in [3.05, 3.63) is 29.8 Å². The molecule has 21 heavy (non-hydrogen) atoms. The molecule has 5 nitrogen and oxygen atoms in total. The molecule has 1 unspecified atom stereocenters. The molecule has 1 aliphatic rings. The smallest absolute Gasteiger partial charge is 0.387 e. The first-order valence-corrected chi connectivity index (χ1v) is 6.69. The summed E-state index contributed by atoms with van der Waals surface area (Å²) in [5, 5.41) is 12.8. The molecule has 7 heteroatoms. The summed E-state index contributed by atoms with van der Waals surface area (Å²) in [7, 11) is 0. The van der Waals surface area contributed by atoms with Crippen molar-refractivity contribution in [2.75, 3.05) is 26.2 Å². The van der Waals surface area contributed by atoms with E-state index in [1.54, 1.807) is 17.0 Å². The van der Waals surface area contributed by atoms with E-state index in [-0.39, 0.29) is 11.3 Å². The number of nitrogens with one attached hydrogen (secondary N) is 1. The number of hydrogen-bond donors (Lipinski definition) is 2. The van der Waals surface area contributed by atoms with Gasteiger partial charge in [0.2, 0.25) is 0 Å². The topological polar surface area (TPSA) is 61.8 Å². The van der Waals surface area contributed by atoms with Crippen molar-refractivity contribution in [3.63, 3.8) is 0 Å². The summed E-state index contributed by atoms with van der Waals surface area (Å²) in [4.78, 5) is 13.6. The SMILES string of the molecule is CC(C(=O)O)(c1ccccc1OC(F)F)N1CCNCC1. The summed E-state index contributed by atoms with van der Waals surface area (Å²) in [5.41, 5.74) is -1.17. The minimum absolute atomic E-state index is 0.101. The predicted molar refractivity (Wildman–Crippen MR) is 72.5 cm³/mol. The summed E-state index contributed by atoms with van der Waals surface area (Å²) < 4.78 is 29.6. The monoisotopic (exact) mass is 300 g/mol. The predicted octanol–water partition coefficient (Wildman–Crippen LogP) is 1.49. The van der Waals surface area contributed by atoms with Crippen molar-refractivity contribution >= 4 is 5.97 Å². The molecule has 0 aliphatic carbocycles. The lowest BCUT2D eigenvalue weighted by Gasteiger charge is -2.41. The van der Waals surface area contributed by atoms with Gasteiger partial charge in [0.1, 0.15) is 11.3 Å². The maximum Gasteiger partial charge on any atom is 0.387 e. The summed E-state index contributed by atoms with van der Waals surface area (Å²) in [6, 6.07) is 6.05. The lowest BCUT2D eigenvalue weighted by Crippen LogP contribution is -2.56. The number of ether oxygens (including phenoxy) is 1. The second-order valence-electron chi connectivity index (χ2n) is 4.99. The van der Waals surface area contributed by atoms with Gasteiger partial charge in [-0.05, 0) is 13.0 Å². The number of nitrogens with zero attached hydrogens (tertiary/aromatic N) is 1. The van der Waals surface area contributed by atoms with E-state index in [1.165, 1.54) is 19.1 Å². The van der Waals surface area contributed by atoms with Crippen LogP contribution in [-0.4, -0.2) is 48.8 Å². The van der Waals surface area contributed by atoms with Gasteiger partial charge in [0.15, 0.2) is 0 Å².